The number of anilines is 2. The van der Waals surface area contributed by atoms with Gasteiger partial charge in [0.1, 0.15) is 0 Å². The molecule has 1 heterocycles. The molecule has 0 bridgehead atoms. The number of carbonyl (C=O) groups excluding carboxylic acids is 1. The van der Waals surface area contributed by atoms with Crippen LogP contribution >= 0.6 is 12.4 Å². The van der Waals surface area contributed by atoms with Crippen molar-refractivity contribution in [1.29, 1.82) is 0 Å². The third-order valence-corrected chi connectivity index (χ3v) is 5.54. The lowest BCUT2D eigenvalue weighted by Gasteiger charge is -2.14. The number of aromatic carboxylic acids is 1. The van der Waals surface area contributed by atoms with E-state index in [1.807, 2.05) is 24.3 Å². The maximum Gasteiger partial charge on any atom is 0.335 e. The standard InChI is InChI=1S/C26H24N4O5.C2H6OS.ClH/c1-14-10-16(8-9-18(14)25(32)33)24(31)28-17-7-5-6-15(11-17)23-19-12-21(34-3)22(35-4)13-20(19)29-26(27-2)30-23;1-4(2)3;/h5-13H,1-4H3,(H,28,31)(H,32,33)(H,27,29,30);1-2H3;1H. The Labute approximate surface area is 241 Å². The van der Waals surface area contributed by atoms with Crippen molar-refractivity contribution in [1.82, 2.24) is 9.97 Å². The van der Waals surface area contributed by atoms with Gasteiger partial charge < -0.3 is 25.2 Å². The molecule has 1 aromatic heterocycles. The number of aryl methyl sites for hydroxylation is 1. The van der Waals surface area contributed by atoms with E-state index in [2.05, 4.69) is 20.6 Å². The number of carbonyl (C=O) groups is 2. The van der Waals surface area contributed by atoms with E-state index < -0.39 is 16.8 Å². The Morgan fingerprint density at radius 2 is 1.60 bits per heavy atom. The Morgan fingerprint density at radius 1 is 0.950 bits per heavy atom. The monoisotopic (exact) mass is 586 g/mol. The average molecular weight is 587 g/mol. The first-order valence-electron chi connectivity index (χ1n) is 11.7. The Balaban J connectivity index is 0.00000105. The summed E-state index contributed by atoms with van der Waals surface area (Å²) in [5.41, 5.74) is 3.67. The van der Waals surface area contributed by atoms with Crippen molar-refractivity contribution in [3.05, 3.63) is 71.3 Å². The van der Waals surface area contributed by atoms with Crippen molar-refractivity contribution < 1.29 is 28.4 Å². The molecule has 4 rings (SSSR count). The lowest BCUT2D eigenvalue weighted by atomic mass is 10.0. The van der Waals surface area contributed by atoms with Gasteiger partial charge in [-0.05, 0) is 48.9 Å². The molecule has 4 aromatic rings. The molecule has 40 heavy (non-hydrogen) atoms. The number of hydrogen-bond acceptors (Lipinski definition) is 8. The minimum atomic E-state index is -1.03. The number of ether oxygens (including phenoxy) is 2. The second kappa shape index (κ2) is 14.2. The fraction of sp³-hybridized carbons (Fsp3) is 0.214. The maximum atomic E-state index is 12.8. The number of nitrogens with one attached hydrogen (secondary N) is 2. The number of benzene rings is 3. The van der Waals surface area contributed by atoms with E-state index in [1.54, 1.807) is 58.9 Å². The summed E-state index contributed by atoms with van der Waals surface area (Å²) >= 11 is 0. The second-order valence-electron chi connectivity index (χ2n) is 8.48. The van der Waals surface area contributed by atoms with Gasteiger partial charge in [0.25, 0.3) is 5.91 Å². The van der Waals surface area contributed by atoms with Crippen LogP contribution in [0.3, 0.4) is 0 Å². The van der Waals surface area contributed by atoms with Crippen LogP contribution in [0.5, 0.6) is 11.5 Å². The maximum absolute atomic E-state index is 12.8. The molecule has 0 saturated heterocycles. The van der Waals surface area contributed by atoms with Gasteiger partial charge in [-0.15, -0.1) is 12.4 Å². The van der Waals surface area contributed by atoms with Gasteiger partial charge >= 0.3 is 5.97 Å². The average Bonchev–Trinajstić information content (AvgIpc) is 2.91. The number of methoxy groups -OCH3 is 2. The topological polar surface area (TPSA) is 140 Å². The zero-order valence-corrected chi connectivity index (χ0v) is 24.5. The molecule has 0 fully saturated rings. The number of amides is 1. The number of carboxylic acids is 1. The quantitative estimate of drug-likeness (QED) is 0.272. The summed E-state index contributed by atoms with van der Waals surface area (Å²) in [6.07, 6.45) is 3.28. The smallest absolute Gasteiger partial charge is 0.335 e. The highest BCUT2D eigenvalue weighted by atomic mass is 35.5. The highest BCUT2D eigenvalue weighted by Gasteiger charge is 2.16. The molecule has 0 radical (unpaired) electrons. The third kappa shape index (κ3) is 7.67. The van der Waals surface area contributed by atoms with Crippen LogP contribution in [0.4, 0.5) is 11.6 Å². The van der Waals surface area contributed by atoms with Crippen molar-refractivity contribution in [3.8, 4) is 22.8 Å². The lowest BCUT2D eigenvalue weighted by molar-refractivity contribution is 0.0695. The summed E-state index contributed by atoms with van der Waals surface area (Å²) < 4.78 is 20.4. The fourth-order valence-electron chi connectivity index (χ4n) is 3.78. The fourth-order valence-corrected chi connectivity index (χ4v) is 3.78. The third-order valence-electron chi connectivity index (χ3n) is 5.54. The van der Waals surface area contributed by atoms with Crippen LogP contribution in [0.2, 0.25) is 0 Å². The first-order valence-corrected chi connectivity index (χ1v) is 13.7. The highest BCUT2D eigenvalue weighted by Crippen LogP contribution is 2.36. The molecule has 0 spiro atoms. The summed E-state index contributed by atoms with van der Waals surface area (Å²) in [6, 6.07) is 15.4. The number of aromatic nitrogens is 2. The van der Waals surface area contributed by atoms with Crippen LogP contribution in [0, 0.1) is 6.92 Å². The first kappa shape index (κ1) is 32.0. The number of nitrogens with zero attached hydrogens (tertiary/aromatic N) is 2. The largest absolute Gasteiger partial charge is 0.493 e. The Morgan fingerprint density at radius 3 is 2.17 bits per heavy atom. The van der Waals surface area contributed by atoms with Gasteiger partial charge in [0.05, 0.1) is 31.0 Å². The molecular weight excluding hydrogens is 556 g/mol. The predicted molar refractivity (Wildman–Crippen MR) is 161 cm³/mol. The van der Waals surface area contributed by atoms with E-state index in [9.17, 15) is 18.9 Å². The van der Waals surface area contributed by atoms with E-state index in [1.165, 1.54) is 12.1 Å². The molecular formula is C28H31ClN4O6S. The van der Waals surface area contributed by atoms with Crippen molar-refractivity contribution >= 4 is 57.6 Å². The molecule has 1 amide bonds. The molecule has 0 saturated carbocycles. The van der Waals surface area contributed by atoms with Gasteiger partial charge in [0.15, 0.2) is 11.5 Å². The van der Waals surface area contributed by atoms with E-state index in [0.29, 0.717) is 45.5 Å². The van der Waals surface area contributed by atoms with Gasteiger partial charge in [0, 0.05) is 58.6 Å². The minimum Gasteiger partial charge on any atom is -0.493 e. The van der Waals surface area contributed by atoms with Crippen LogP contribution in [-0.2, 0) is 10.8 Å². The predicted octanol–water partition coefficient (Wildman–Crippen LogP) is 5.03. The molecule has 0 aliphatic heterocycles. The molecule has 12 heteroatoms. The number of carboxylic acid groups (broad SMARTS) is 1. The normalized spacial score (nSPS) is 10.2. The highest BCUT2D eigenvalue weighted by molar-refractivity contribution is 7.83. The summed E-state index contributed by atoms with van der Waals surface area (Å²) in [6.45, 7) is 1.66. The first-order chi connectivity index (χ1) is 18.6. The molecule has 212 valence electrons. The van der Waals surface area contributed by atoms with E-state index in [0.717, 1.165) is 10.9 Å². The van der Waals surface area contributed by atoms with Gasteiger partial charge in [-0.3, -0.25) is 9.00 Å². The SMILES string of the molecule is CNc1nc(-c2cccc(NC(=O)c3ccc(C(=O)O)c(C)c3)c2)c2cc(OC)c(OC)cc2n1.CS(C)=O.Cl. The van der Waals surface area contributed by atoms with Gasteiger partial charge in [-0.2, -0.15) is 0 Å². The van der Waals surface area contributed by atoms with Crippen molar-refractivity contribution in [3.63, 3.8) is 0 Å². The summed E-state index contributed by atoms with van der Waals surface area (Å²) in [5, 5.41) is 15.8. The second-order valence-corrected chi connectivity index (χ2v) is 9.96. The van der Waals surface area contributed by atoms with Gasteiger partial charge in [0.2, 0.25) is 5.95 Å². The molecule has 3 N–H and O–H groups in total. The Bertz CT molecular complexity index is 1560. The molecule has 0 atom stereocenters. The van der Waals surface area contributed by atoms with Crippen LogP contribution in [-0.4, -0.2) is 64.9 Å². The summed E-state index contributed by atoms with van der Waals surface area (Å²) in [4.78, 5) is 33.3. The Hall–Kier alpha value is -4.22. The number of halogens is 1. The van der Waals surface area contributed by atoms with Gasteiger partial charge in [-0.1, -0.05) is 12.1 Å². The van der Waals surface area contributed by atoms with Crippen LogP contribution in [0.1, 0.15) is 26.3 Å². The molecule has 0 unspecified atom stereocenters. The lowest BCUT2D eigenvalue weighted by Crippen LogP contribution is -2.13. The zero-order chi connectivity index (χ0) is 28.7. The van der Waals surface area contributed by atoms with E-state index >= 15 is 0 Å². The van der Waals surface area contributed by atoms with Crippen LogP contribution < -0.4 is 20.1 Å². The van der Waals surface area contributed by atoms with E-state index in [-0.39, 0.29) is 23.9 Å². The Kier molecular flexibility index (Phi) is 11.4. The summed E-state index contributed by atoms with van der Waals surface area (Å²) in [5.74, 6) is 0.151. The van der Waals surface area contributed by atoms with Crippen molar-refractivity contribution in [2.45, 2.75) is 6.92 Å². The summed E-state index contributed by atoms with van der Waals surface area (Å²) in [7, 11) is 4.25. The molecule has 3 aromatic carbocycles. The van der Waals surface area contributed by atoms with Crippen molar-refractivity contribution in [2.24, 2.45) is 0 Å². The van der Waals surface area contributed by atoms with Crippen LogP contribution in [0.15, 0.2) is 54.6 Å². The van der Waals surface area contributed by atoms with E-state index in [4.69, 9.17) is 9.47 Å². The molecule has 10 nitrogen and oxygen atoms in total. The van der Waals surface area contributed by atoms with Crippen molar-refractivity contribution in [2.75, 3.05) is 44.4 Å². The number of hydrogen-bond donors (Lipinski definition) is 3. The van der Waals surface area contributed by atoms with Crippen LogP contribution in [0.25, 0.3) is 22.2 Å². The number of fused-ring (bicyclic) bond motifs is 1. The molecule has 0 aliphatic rings. The zero-order valence-electron chi connectivity index (χ0n) is 22.9. The minimum absolute atomic E-state index is 0. The van der Waals surface area contributed by atoms with Gasteiger partial charge in [-0.25, -0.2) is 14.8 Å². The molecule has 0 aliphatic carbocycles. The number of rotatable bonds is 7.